The molecule has 2 aliphatic rings. The number of aliphatic hydroxyl groups is 1. The van der Waals surface area contributed by atoms with Gasteiger partial charge in [-0.15, -0.1) is 0 Å². The number of carbonyl (C=O) groups excluding carboxylic acids is 1. The van der Waals surface area contributed by atoms with Crippen molar-refractivity contribution in [3.05, 3.63) is 34.3 Å². The van der Waals surface area contributed by atoms with E-state index in [1.807, 2.05) is 45.0 Å². The highest BCUT2D eigenvalue weighted by Gasteiger charge is 2.55. The number of likely N-dealkylation sites (tertiary alicyclic amines) is 1. The van der Waals surface area contributed by atoms with Crippen molar-refractivity contribution < 1.29 is 14.6 Å². The smallest absolute Gasteiger partial charge is 0.410 e. The van der Waals surface area contributed by atoms with Gasteiger partial charge in [0, 0.05) is 17.6 Å². The van der Waals surface area contributed by atoms with Crippen LogP contribution in [-0.2, 0) is 10.3 Å². The molecule has 5 heteroatoms. The lowest BCUT2D eigenvalue weighted by Gasteiger charge is -2.56. The maximum Gasteiger partial charge on any atom is 0.410 e. The van der Waals surface area contributed by atoms with Crippen molar-refractivity contribution in [2.45, 2.75) is 57.7 Å². The van der Waals surface area contributed by atoms with E-state index in [0.717, 1.165) is 35.7 Å². The number of rotatable bonds is 1. The third-order valence-electron chi connectivity index (χ3n) is 5.17. The molecule has 1 aromatic rings. The second-order valence-corrected chi connectivity index (χ2v) is 9.28. The van der Waals surface area contributed by atoms with Gasteiger partial charge in [0.05, 0.1) is 5.60 Å². The highest BCUT2D eigenvalue weighted by Crippen LogP contribution is 2.59. The number of carbonyl (C=O) groups is 1. The molecule has 1 aliphatic heterocycles. The standard InChI is InChI=1S/C19H26BrNO3/c1-17(2,3)24-16(22)21-9-7-18(8-10-21)12-19(23,13-18)14-5-4-6-15(20)11-14/h4-6,11,23H,7-10,12-13H2,1-3H3. The van der Waals surface area contributed by atoms with Crippen LogP contribution >= 0.6 is 15.9 Å². The third-order valence-corrected chi connectivity index (χ3v) is 5.67. The molecule has 132 valence electrons. The van der Waals surface area contributed by atoms with Gasteiger partial charge in [-0.25, -0.2) is 4.79 Å². The minimum Gasteiger partial charge on any atom is -0.444 e. The van der Waals surface area contributed by atoms with Crippen LogP contribution in [0.1, 0.15) is 52.0 Å². The molecule has 1 saturated carbocycles. The van der Waals surface area contributed by atoms with Crippen molar-refractivity contribution >= 4 is 22.0 Å². The summed E-state index contributed by atoms with van der Waals surface area (Å²) in [5.74, 6) is 0. The molecule has 1 aliphatic carbocycles. The topological polar surface area (TPSA) is 49.8 Å². The summed E-state index contributed by atoms with van der Waals surface area (Å²) in [4.78, 5) is 14.0. The summed E-state index contributed by atoms with van der Waals surface area (Å²) in [5, 5.41) is 10.9. The van der Waals surface area contributed by atoms with Gasteiger partial charge < -0.3 is 14.7 Å². The fourth-order valence-corrected chi connectivity index (χ4v) is 4.41. The van der Waals surface area contributed by atoms with Gasteiger partial charge in [0.15, 0.2) is 0 Å². The Kier molecular flexibility index (Phi) is 4.45. The van der Waals surface area contributed by atoms with Crippen molar-refractivity contribution in [2.24, 2.45) is 5.41 Å². The monoisotopic (exact) mass is 395 g/mol. The first-order chi connectivity index (χ1) is 11.1. The molecule has 4 nitrogen and oxygen atoms in total. The van der Waals surface area contributed by atoms with Crippen LogP contribution in [0.2, 0.25) is 0 Å². The number of ether oxygens (including phenoxy) is 1. The van der Waals surface area contributed by atoms with E-state index in [2.05, 4.69) is 15.9 Å². The molecule has 1 N–H and O–H groups in total. The molecule has 3 rings (SSSR count). The zero-order valence-corrected chi connectivity index (χ0v) is 16.2. The van der Waals surface area contributed by atoms with Gasteiger partial charge in [-0.1, -0.05) is 28.1 Å². The van der Waals surface area contributed by atoms with Crippen LogP contribution in [0.25, 0.3) is 0 Å². The number of halogens is 1. The number of piperidine rings is 1. The van der Waals surface area contributed by atoms with Crippen LogP contribution in [0.3, 0.4) is 0 Å². The summed E-state index contributed by atoms with van der Waals surface area (Å²) in [6, 6.07) is 7.93. The quantitative estimate of drug-likeness (QED) is 0.763. The Labute approximate surface area is 152 Å². The first-order valence-electron chi connectivity index (χ1n) is 8.57. The summed E-state index contributed by atoms with van der Waals surface area (Å²) >= 11 is 3.47. The fourth-order valence-electron chi connectivity index (χ4n) is 4.01. The predicted octanol–water partition coefficient (Wildman–Crippen LogP) is 4.45. The van der Waals surface area contributed by atoms with E-state index in [1.54, 1.807) is 4.90 Å². The molecule has 1 aromatic carbocycles. The molecule has 0 atom stereocenters. The minimum absolute atomic E-state index is 0.162. The van der Waals surface area contributed by atoms with Gasteiger partial charge in [-0.3, -0.25) is 0 Å². The van der Waals surface area contributed by atoms with Crippen molar-refractivity contribution in [2.75, 3.05) is 13.1 Å². The van der Waals surface area contributed by atoms with Gasteiger partial charge >= 0.3 is 6.09 Å². The Bertz CT molecular complexity index is 622. The molecule has 1 saturated heterocycles. The Morgan fingerprint density at radius 3 is 2.42 bits per heavy atom. The van der Waals surface area contributed by atoms with Crippen molar-refractivity contribution in [1.82, 2.24) is 4.90 Å². The SMILES string of the molecule is CC(C)(C)OC(=O)N1CCC2(CC1)CC(O)(c1cccc(Br)c1)C2. The first kappa shape index (κ1) is 17.7. The summed E-state index contributed by atoms with van der Waals surface area (Å²) in [7, 11) is 0. The number of benzene rings is 1. The minimum atomic E-state index is -0.724. The molecular weight excluding hydrogens is 370 g/mol. The number of nitrogens with zero attached hydrogens (tertiary/aromatic N) is 1. The van der Waals surface area contributed by atoms with E-state index >= 15 is 0 Å². The number of amides is 1. The molecule has 1 spiro atoms. The Hall–Kier alpha value is -1.07. The summed E-state index contributed by atoms with van der Waals surface area (Å²) in [5.41, 5.74) is -0.0334. The molecule has 0 bridgehead atoms. The number of hydrogen-bond donors (Lipinski definition) is 1. The van der Waals surface area contributed by atoms with Gasteiger partial charge in [0.2, 0.25) is 0 Å². The van der Waals surface area contributed by atoms with E-state index in [1.165, 1.54) is 0 Å². The average Bonchev–Trinajstić information content (AvgIpc) is 2.44. The second-order valence-electron chi connectivity index (χ2n) is 8.36. The summed E-state index contributed by atoms with van der Waals surface area (Å²) < 4.78 is 6.45. The maximum atomic E-state index is 12.2. The van der Waals surface area contributed by atoms with Crippen LogP contribution in [0.5, 0.6) is 0 Å². The highest BCUT2D eigenvalue weighted by molar-refractivity contribution is 9.10. The lowest BCUT2D eigenvalue weighted by Crippen LogP contribution is -2.55. The molecule has 2 fully saturated rings. The molecule has 0 aromatic heterocycles. The molecule has 24 heavy (non-hydrogen) atoms. The molecule has 1 amide bonds. The van der Waals surface area contributed by atoms with E-state index in [9.17, 15) is 9.90 Å². The third kappa shape index (κ3) is 3.62. The van der Waals surface area contributed by atoms with Gasteiger partial charge in [-0.05, 0) is 69.6 Å². The Balaban J connectivity index is 1.58. The Morgan fingerprint density at radius 2 is 1.88 bits per heavy atom. The predicted molar refractivity (Wildman–Crippen MR) is 96.7 cm³/mol. The van der Waals surface area contributed by atoms with Crippen LogP contribution in [0.4, 0.5) is 4.79 Å². The lowest BCUT2D eigenvalue weighted by molar-refractivity contribution is -0.154. The average molecular weight is 396 g/mol. The van der Waals surface area contributed by atoms with Crippen LogP contribution < -0.4 is 0 Å². The van der Waals surface area contributed by atoms with Crippen molar-refractivity contribution in [1.29, 1.82) is 0 Å². The maximum absolute atomic E-state index is 12.2. The highest BCUT2D eigenvalue weighted by atomic mass is 79.9. The van der Waals surface area contributed by atoms with E-state index in [-0.39, 0.29) is 11.5 Å². The van der Waals surface area contributed by atoms with E-state index < -0.39 is 11.2 Å². The van der Waals surface area contributed by atoms with Crippen LogP contribution in [0, 0.1) is 5.41 Å². The second kappa shape index (κ2) is 6.03. The zero-order valence-electron chi connectivity index (χ0n) is 14.6. The molecular formula is C19H26BrNO3. The normalized spacial score (nSPS) is 22.1. The van der Waals surface area contributed by atoms with Crippen molar-refractivity contribution in [3.8, 4) is 0 Å². The van der Waals surface area contributed by atoms with Gasteiger partial charge in [0.25, 0.3) is 0 Å². The van der Waals surface area contributed by atoms with Crippen LogP contribution in [0.15, 0.2) is 28.7 Å². The molecule has 0 unspecified atom stereocenters. The molecule has 1 heterocycles. The largest absolute Gasteiger partial charge is 0.444 e. The molecule has 0 radical (unpaired) electrons. The lowest BCUT2D eigenvalue weighted by atomic mass is 9.53. The van der Waals surface area contributed by atoms with E-state index in [0.29, 0.717) is 13.1 Å². The van der Waals surface area contributed by atoms with Gasteiger partial charge in [-0.2, -0.15) is 0 Å². The summed E-state index contributed by atoms with van der Waals surface area (Å²) in [6.45, 7) is 7.09. The van der Waals surface area contributed by atoms with Crippen LogP contribution in [-0.4, -0.2) is 34.8 Å². The van der Waals surface area contributed by atoms with Crippen molar-refractivity contribution in [3.63, 3.8) is 0 Å². The Morgan fingerprint density at radius 1 is 1.25 bits per heavy atom. The van der Waals surface area contributed by atoms with E-state index in [4.69, 9.17) is 4.74 Å². The fraction of sp³-hybridized carbons (Fsp3) is 0.632. The van der Waals surface area contributed by atoms with Gasteiger partial charge in [0.1, 0.15) is 5.60 Å². The first-order valence-corrected chi connectivity index (χ1v) is 9.37. The zero-order chi connectivity index (χ0) is 17.6. The number of hydrogen-bond acceptors (Lipinski definition) is 3. The summed E-state index contributed by atoms with van der Waals surface area (Å²) in [6.07, 6.45) is 3.20.